The number of rotatable bonds is 8. The Balaban J connectivity index is 1.61. The van der Waals surface area contributed by atoms with Gasteiger partial charge in [0.25, 0.3) is 0 Å². The van der Waals surface area contributed by atoms with Gasteiger partial charge in [0.2, 0.25) is 0 Å². The number of hydrogen-bond donors (Lipinski definition) is 1. The lowest BCUT2D eigenvalue weighted by molar-refractivity contribution is -0.136. The van der Waals surface area contributed by atoms with E-state index in [9.17, 15) is 14.3 Å². The molecule has 0 aliphatic carbocycles. The minimum atomic E-state index is -0.964. The van der Waals surface area contributed by atoms with Crippen molar-refractivity contribution in [2.45, 2.75) is 46.5 Å². The van der Waals surface area contributed by atoms with E-state index in [1.807, 2.05) is 0 Å². The third kappa shape index (κ3) is 5.98. The third-order valence-corrected chi connectivity index (χ3v) is 6.77. The van der Waals surface area contributed by atoms with Crippen LogP contribution in [0.3, 0.4) is 0 Å². The van der Waals surface area contributed by atoms with Gasteiger partial charge >= 0.3 is 5.97 Å². The number of aryl methyl sites for hydroxylation is 1. The van der Waals surface area contributed by atoms with Crippen molar-refractivity contribution in [3.8, 4) is 17.0 Å². The van der Waals surface area contributed by atoms with E-state index in [0.717, 1.165) is 31.5 Å². The first-order valence-electron chi connectivity index (χ1n) is 12.1. The van der Waals surface area contributed by atoms with Gasteiger partial charge in [0.1, 0.15) is 17.3 Å². The van der Waals surface area contributed by atoms with Gasteiger partial charge in [-0.1, -0.05) is 26.0 Å². The number of carbonyl (C=O) groups is 1. The van der Waals surface area contributed by atoms with Gasteiger partial charge < -0.3 is 14.7 Å². The summed E-state index contributed by atoms with van der Waals surface area (Å²) in [6.07, 6.45) is 5.26. The Morgan fingerprint density at radius 3 is 2.44 bits per heavy atom. The molecule has 4 rings (SSSR count). The molecule has 6 nitrogen and oxygen atoms in total. The molecule has 0 spiro atoms. The lowest BCUT2D eigenvalue weighted by Crippen LogP contribution is -2.38. The molecule has 36 heavy (non-hydrogen) atoms. The molecule has 0 bridgehead atoms. The summed E-state index contributed by atoms with van der Waals surface area (Å²) in [5, 5.41) is 9.56. The van der Waals surface area contributed by atoms with Crippen LogP contribution in [0, 0.1) is 24.0 Å². The fourth-order valence-corrected chi connectivity index (χ4v) is 4.50. The largest absolute Gasteiger partial charge is 0.492 e. The number of piperidine rings is 1. The number of nitrogens with zero attached hydrogens (tertiary/aromatic N) is 3. The van der Waals surface area contributed by atoms with Gasteiger partial charge in [0.15, 0.2) is 5.82 Å². The van der Waals surface area contributed by atoms with Gasteiger partial charge in [-0.2, -0.15) is 0 Å². The maximum Gasteiger partial charge on any atom is 0.307 e. The smallest absolute Gasteiger partial charge is 0.307 e. The van der Waals surface area contributed by atoms with Crippen molar-refractivity contribution < 1.29 is 23.4 Å². The van der Waals surface area contributed by atoms with Crippen LogP contribution in [0.5, 0.6) is 5.75 Å². The summed E-state index contributed by atoms with van der Waals surface area (Å²) >= 11 is 0. The number of aromatic nitrogens is 2. The number of aliphatic carboxylic acids is 1. The molecule has 1 aliphatic heterocycles. The average Bonchev–Trinajstić information content (AvgIpc) is 2.82. The van der Waals surface area contributed by atoms with E-state index in [-0.39, 0.29) is 35.7 Å². The Labute approximate surface area is 210 Å². The van der Waals surface area contributed by atoms with Crippen molar-refractivity contribution in [1.29, 1.82) is 0 Å². The number of halogens is 2. The van der Waals surface area contributed by atoms with E-state index in [2.05, 4.69) is 28.7 Å². The monoisotopic (exact) mass is 495 g/mol. The first-order valence-corrected chi connectivity index (χ1v) is 12.1. The molecule has 1 aromatic carbocycles. The van der Waals surface area contributed by atoms with Gasteiger partial charge in [-0.25, -0.2) is 13.8 Å². The second-order valence-corrected chi connectivity index (χ2v) is 10.0. The van der Waals surface area contributed by atoms with Crippen molar-refractivity contribution in [3.05, 3.63) is 71.2 Å². The van der Waals surface area contributed by atoms with Gasteiger partial charge in [-0.15, -0.1) is 0 Å². The highest BCUT2D eigenvalue weighted by molar-refractivity contribution is 5.83. The topological polar surface area (TPSA) is 75.6 Å². The van der Waals surface area contributed by atoms with Crippen molar-refractivity contribution in [2.75, 3.05) is 24.6 Å². The van der Waals surface area contributed by atoms with E-state index >= 15 is 4.39 Å². The summed E-state index contributed by atoms with van der Waals surface area (Å²) in [6, 6.07) is 7.43. The van der Waals surface area contributed by atoms with E-state index in [4.69, 9.17) is 4.74 Å². The number of ether oxygens (including phenoxy) is 1. The summed E-state index contributed by atoms with van der Waals surface area (Å²) in [5.74, 6) is -1.55. The maximum atomic E-state index is 15.3. The van der Waals surface area contributed by atoms with Crippen molar-refractivity contribution in [1.82, 2.24) is 9.97 Å². The summed E-state index contributed by atoms with van der Waals surface area (Å²) < 4.78 is 34.1. The summed E-state index contributed by atoms with van der Waals surface area (Å²) in [4.78, 5) is 22.6. The average molecular weight is 496 g/mol. The van der Waals surface area contributed by atoms with Gasteiger partial charge in [0.05, 0.1) is 24.9 Å². The number of anilines is 1. The normalized spacial score (nSPS) is 15.1. The SMILES string of the molecule is Cc1ncc(-c2ncc(OCCc3ccc(F)cc3)cc2F)c(N2CCC(C)(C)CC2)c1CC(=O)O. The highest BCUT2D eigenvalue weighted by atomic mass is 19.1. The molecule has 0 atom stereocenters. The Hall–Kier alpha value is -3.55. The third-order valence-electron chi connectivity index (χ3n) is 6.77. The van der Waals surface area contributed by atoms with Crippen LogP contribution in [0.2, 0.25) is 0 Å². The Morgan fingerprint density at radius 2 is 1.81 bits per heavy atom. The van der Waals surface area contributed by atoms with Gasteiger partial charge in [-0.05, 0) is 42.9 Å². The number of hydrogen-bond acceptors (Lipinski definition) is 5. The second kappa shape index (κ2) is 10.6. The van der Waals surface area contributed by atoms with Crippen molar-refractivity contribution >= 4 is 11.7 Å². The molecule has 1 aliphatic rings. The second-order valence-electron chi connectivity index (χ2n) is 10.0. The molecule has 0 unspecified atom stereocenters. The summed E-state index contributed by atoms with van der Waals surface area (Å²) in [5.41, 5.74) is 3.58. The van der Waals surface area contributed by atoms with Crippen LogP contribution >= 0.6 is 0 Å². The van der Waals surface area contributed by atoms with E-state index < -0.39 is 11.8 Å². The standard InChI is InChI=1S/C28H31F2N3O3/c1-18-22(15-25(34)35)27(33-11-9-28(2,3)10-12-33)23(17-31-18)26-24(30)14-21(16-32-26)36-13-8-19-4-6-20(29)7-5-19/h4-7,14,16-17H,8-13,15H2,1-3H3,(H,34,35). The fourth-order valence-electron chi connectivity index (χ4n) is 4.50. The fraction of sp³-hybridized carbons (Fsp3) is 0.393. The van der Waals surface area contributed by atoms with Crippen molar-refractivity contribution in [2.24, 2.45) is 5.41 Å². The predicted octanol–water partition coefficient (Wildman–Crippen LogP) is 5.61. The molecule has 190 valence electrons. The van der Waals surface area contributed by atoms with Gasteiger partial charge in [-0.3, -0.25) is 9.78 Å². The van der Waals surface area contributed by atoms with E-state index in [1.165, 1.54) is 24.4 Å². The number of benzene rings is 1. The maximum absolute atomic E-state index is 15.3. The zero-order valence-corrected chi connectivity index (χ0v) is 20.9. The van der Waals surface area contributed by atoms with Crippen LogP contribution in [-0.4, -0.2) is 40.7 Å². The highest BCUT2D eigenvalue weighted by Crippen LogP contribution is 2.40. The van der Waals surface area contributed by atoms with Crippen LogP contribution in [0.1, 0.15) is 43.5 Å². The van der Waals surface area contributed by atoms with Crippen LogP contribution in [-0.2, 0) is 17.6 Å². The first-order chi connectivity index (χ1) is 17.1. The molecular weight excluding hydrogens is 464 g/mol. The highest BCUT2D eigenvalue weighted by Gasteiger charge is 2.30. The van der Waals surface area contributed by atoms with E-state index in [1.54, 1.807) is 25.3 Å². The molecule has 2 aromatic heterocycles. The van der Waals surface area contributed by atoms with Crippen LogP contribution < -0.4 is 9.64 Å². The summed E-state index contributed by atoms with van der Waals surface area (Å²) in [7, 11) is 0. The molecule has 0 radical (unpaired) electrons. The zero-order chi connectivity index (χ0) is 25.9. The Kier molecular flexibility index (Phi) is 7.52. The van der Waals surface area contributed by atoms with Crippen LogP contribution in [0.25, 0.3) is 11.3 Å². The van der Waals surface area contributed by atoms with Crippen LogP contribution in [0.4, 0.5) is 14.5 Å². The molecule has 1 N–H and O–H groups in total. The molecular formula is C28H31F2N3O3. The molecule has 1 fully saturated rings. The molecule has 3 aromatic rings. The molecule has 3 heterocycles. The Bertz CT molecular complexity index is 1240. The number of carboxylic acid groups (broad SMARTS) is 1. The van der Waals surface area contributed by atoms with E-state index in [0.29, 0.717) is 28.9 Å². The predicted molar refractivity (Wildman–Crippen MR) is 134 cm³/mol. The molecule has 1 saturated heterocycles. The lowest BCUT2D eigenvalue weighted by atomic mass is 9.82. The summed E-state index contributed by atoms with van der Waals surface area (Å²) in [6.45, 7) is 7.98. The van der Waals surface area contributed by atoms with Crippen LogP contribution in [0.15, 0.2) is 42.7 Å². The lowest BCUT2D eigenvalue weighted by Gasteiger charge is -2.40. The molecule has 8 heteroatoms. The first kappa shape index (κ1) is 25.5. The minimum absolute atomic E-state index is 0.111. The quantitative estimate of drug-likeness (QED) is 0.438. The minimum Gasteiger partial charge on any atom is -0.492 e. The van der Waals surface area contributed by atoms with Crippen molar-refractivity contribution in [3.63, 3.8) is 0 Å². The van der Waals surface area contributed by atoms with Gasteiger partial charge in [0, 0.05) is 48.6 Å². The Morgan fingerprint density at radius 1 is 1.11 bits per heavy atom. The number of carboxylic acids is 1. The molecule has 0 amide bonds. The zero-order valence-electron chi connectivity index (χ0n) is 20.9. The number of pyridine rings is 2. The molecule has 0 saturated carbocycles.